The van der Waals surface area contributed by atoms with E-state index in [0.29, 0.717) is 17.0 Å². The SMILES string of the molecule is Cc1ccc(-c2cc(COC(=O)c3cnc4ccccc4n3)no2)cc1. The molecule has 0 bridgehead atoms. The summed E-state index contributed by atoms with van der Waals surface area (Å²) in [6.45, 7) is 2.02. The molecule has 0 atom stereocenters. The minimum atomic E-state index is -0.553. The maximum absolute atomic E-state index is 12.2. The fourth-order valence-electron chi connectivity index (χ4n) is 2.50. The molecule has 128 valence electrons. The third-order valence-corrected chi connectivity index (χ3v) is 3.90. The zero-order chi connectivity index (χ0) is 17.9. The van der Waals surface area contributed by atoms with E-state index in [0.717, 1.165) is 11.1 Å². The number of fused-ring (bicyclic) bond motifs is 1. The Morgan fingerprint density at radius 1 is 1.08 bits per heavy atom. The van der Waals surface area contributed by atoms with Gasteiger partial charge in [-0.05, 0) is 19.1 Å². The molecule has 0 fully saturated rings. The fourth-order valence-corrected chi connectivity index (χ4v) is 2.50. The highest BCUT2D eigenvalue weighted by atomic mass is 16.5. The first-order valence-electron chi connectivity index (χ1n) is 8.10. The number of hydrogen-bond donors (Lipinski definition) is 0. The van der Waals surface area contributed by atoms with Gasteiger partial charge in [-0.25, -0.2) is 9.78 Å². The summed E-state index contributed by atoms with van der Waals surface area (Å²) in [4.78, 5) is 20.7. The minimum absolute atomic E-state index is 0.00268. The van der Waals surface area contributed by atoms with Crippen molar-refractivity contribution in [3.8, 4) is 11.3 Å². The molecule has 6 heteroatoms. The number of aryl methyl sites for hydroxylation is 1. The third-order valence-electron chi connectivity index (χ3n) is 3.90. The van der Waals surface area contributed by atoms with Crippen molar-refractivity contribution in [1.82, 2.24) is 15.1 Å². The van der Waals surface area contributed by atoms with Crippen molar-refractivity contribution in [2.24, 2.45) is 0 Å². The van der Waals surface area contributed by atoms with Crippen molar-refractivity contribution in [3.63, 3.8) is 0 Å². The van der Waals surface area contributed by atoms with Crippen LogP contribution < -0.4 is 0 Å². The molecule has 0 aliphatic heterocycles. The summed E-state index contributed by atoms with van der Waals surface area (Å²) >= 11 is 0. The van der Waals surface area contributed by atoms with Gasteiger partial charge in [0.1, 0.15) is 12.3 Å². The molecule has 4 rings (SSSR count). The van der Waals surface area contributed by atoms with Gasteiger partial charge in [0.2, 0.25) is 0 Å². The molecule has 0 unspecified atom stereocenters. The van der Waals surface area contributed by atoms with Crippen molar-refractivity contribution in [2.75, 3.05) is 0 Å². The summed E-state index contributed by atoms with van der Waals surface area (Å²) in [7, 11) is 0. The maximum Gasteiger partial charge on any atom is 0.358 e. The first-order chi connectivity index (χ1) is 12.7. The second-order valence-electron chi connectivity index (χ2n) is 5.87. The molecule has 0 radical (unpaired) electrons. The molecule has 4 aromatic rings. The number of esters is 1. The van der Waals surface area contributed by atoms with Gasteiger partial charge in [0.25, 0.3) is 0 Å². The molecule has 0 saturated carbocycles. The molecule has 6 nitrogen and oxygen atoms in total. The van der Waals surface area contributed by atoms with Crippen LogP contribution >= 0.6 is 0 Å². The van der Waals surface area contributed by atoms with E-state index in [1.807, 2.05) is 49.4 Å². The van der Waals surface area contributed by atoms with Crippen LogP contribution in [0.5, 0.6) is 0 Å². The summed E-state index contributed by atoms with van der Waals surface area (Å²) < 4.78 is 10.6. The van der Waals surface area contributed by atoms with Crippen molar-refractivity contribution in [1.29, 1.82) is 0 Å². The van der Waals surface area contributed by atoms with Gasteiger partial charge in [-0.15, -0.1) is 0 Å². The van der Waals surface area contributed by atoms with Crippen molar-refractivity contribution >= 4 is 17.0 Å². The Morgan fingerprint density at radius 3 is 2.65 bits per heavy atom. The van der Waals surface area contributed by atoms with E-state index in [1.165, 1.54) is 11.8 Å². The monoisotopic (exact) mass is 345 g/mol. The van der Waals surface area contributed by atoms with Gasteiger partial charge in [0, 0.05) is 11.6 Å². The van der Waals surface area contributed by atoms with Crippen molar-refractivity contribution < 1.29 is 14.1 Å². The Morgan fingerprint density at radius 2 is 1.85 bits per heavy atom. The van der Waals surface area contributed by atoms with Gasteiger partial charge in [-0.1, -0.05) is 47.1 Å². The second kappa shape index (κ2) is 6.76. The van der Waals surface area contributed by atoms with Crippen LogP contribution in [0.1, 0.15) is 21.7 Å². The highest BCUT2D eigenvalue weighted by Gasteiger charge is 2.13. The molecule has 0 aliphatic carbocycles. The number of nitrogens with zero attached hydrogens (tertiary/aromatic N) is 3. The van der Waals surface area contributed by atoms with Gasteiger partial charge < -0.3 is 9.26 Å². The van der Waals surface area contributed by atoms with Crippen LogP contribution in [0, 0.1) is 6.92 Å². The van der Waals surface area contributed by atoms with Gasteiger partial charge in [-0.2, -0.15) is 0 Å². The summed E-state index contributed by atoms with van der Waals surface area (Å²) in [5.74, 6) is 0.0738. The molecule has 0 N–H and O–H groups in total. The van der Waals surface area contributed by atoms with E-state index >= 15 is 0 Å². The van der Waals surface area contributed by atoms with Gasteiger partial charge in [0.15, 0.2) is 11.5 Å². The van der Waals surface area contributed by atoms with Crippen LogP contribution in [0.4, 0.5) is 0 Å². The van der Waals surface area contributed by atoms with Crippen LogP contribution in [0.25, 0.3) is 22.4 Å². The number of rotatable bonds is 4. The number of aromatic nitrogens is 3. The Bertz CT molecular complexity index is 1070. The molecular weight excluding hydrogens is 330 g/mol. The number of carbonyl (C=O) groups is 1. The summed E-state index contributed by atoms with van der Waals surface area (Å²) in [5, 5.41) is 3.94. The Labute approximate surface area is 149 Å². The lowest BCUT2D eigenvalue weighted by Gasteiger charge is -2.02. The van der Waals surface area contributed by atoms with Crippen molar-refractivity contribution in [3.05, 3.63) is 77.7 Å². The van der Waals surface area contributed by atoms with Gasteiger partial charge in [-0.3, -0.25) is 4.98 Å². The topological polar surface area (TPSA) is 78.1 Å². The van der Waals surface area contributed by atoms with Crippen LogP contribution in [-0.2, 0) is 11.3 Å². The third kappa shape index (κ3) is 3.30. The predicted octanol–water partition coefficient (Wildman–Crippen LogP) is 3.95. The zero-order valence-corrected chi connectivity index (χ0v) is 14.0. The van der Waals surface area contributed by atoms with E-state index in [2.05, 4.69) is 15.1 Å². The number of hydrogen-bond acceptors (Lipinski definition) is 6. The molecule has 0 spiro atoms. The first-order valence-corrected chi connectivity index (χ1v) is 8.10. The first kappa shape index (κ1) is 16.0. The Balaban J connectivity index is 1.45. The predicted molar refractivity (Wildman–Crippen MR) is 95.3 cm³/mol. The number of ether oxygens (including phenoxy) is 1. The van der Waals surface area contributed by atoms with Crippen LogP contribution in [0.15, 0.2) is 65.3 Å². The van der Waals surface area contributed by atoms with E-state index < -0.39 is 5.97 Å². The van der Waals surface area contributed by atoms with Gasteiger partial charge in [0.05, 0.1) is 17.2 Å². The summed E-state index contributed by atoms with van der Waals surface area (Å²) in [6, 6.07) is 17.0. The number of carbonyl (C=O) groups excluding carboxylic acids is 1. The highest BCUT2D eigenvalue weighted by molar-refractivity contribution is 5.89. The molecule has 26 heavy (non-hydrogen) atoms. The smallest absolute Gasteiger partial charge is 0.358 e. The van der Waals surface area contributed by atoms with Crippen LogP contribution in [0.2, 0.25) is 0 Å². The average Bonchev–Trinajstić information content (AvgIpc) is 3.15. The molecule has 0 aliphatic rings. The fraction of sp³-hybridized carbons (Fsp3) is 0.100. The number of benzene rings is 2. The number of para-hydroxylation sites is 2. The lowest BCUT2D eigenvalue weighted by molar-refractivity contribution is 0.0457. The van der Waals surface area contributed by atoms with E-state index in [1.54, 1.807) is 12.1 Å². The van der Waals surface area contributed by atoms with Crippen LogP contribution in [0.3, 0.4) is 0 Å². The quantitative estimate of drug-likeness (QED) is 0.521. The Hall–Kier alpha value is -3.54. The molecular formula is C20H15N3O3. The Kier molecular flexibility index (Phi) is 4.15. The van der Waals surface area contributed by atoms with Gasteiger partial charge >= 0.3 is 5.97 Å². The normalized spacial score (nSPS) is 10.8. The molecule has 2 heterocycles. The maximum atomic E-state index is 12.2. The summed E-state index contributed by atoms with van der Waals surface area (Å²) in [6.07, 6.45) is 1.41. The molecule has 0 saturated heterocycles. The molecule has 2 aromatic heterocycles. The van der Waals surface area contributed by atoms with Crippen molar-refractivity contribution in [2.45, 2.75) is 13.5 Å². The molecule has 2 aromatic carbocycles. The zero-order valence-electron chi connectivity index (χ0n) is 14.0. The second-order valence-corrected chi connectivity index (χ2v) is 5.87. The summed E-state index contributed by atoms with van der Waals surface area (Å²) in [5.41, 5.74) is 4.14. The standard InChI is InChI=1S/C20H15N3O3/c1-13-6-8-14(9-7-13)19-10-15(23-26-19)12-25-20(24)18-11-21-16-4-2-3-5-17(16)22-18/h2-11H,12H2,1H3. The van der Waals surface area contributed by atoms with Crippen LogP contribution in [-0.4, -0.2) is 21.1 Å². The minimum Gasteiger partial charge on any atom is -0.454 e. The molecule has 0 amide bonds. The van der Waals surface area contributed by atoms with E-state index in [9.17, 15) is 4.79 Å². The average molecular weight is 345 g/mol. The highest BCUT2D eigenvalue weighted by Crippen LogP contribution is 2.21. The lowest BCUT2D eigenvalue weighted by atomic mass is 10.1. The largest absolute Gasteiger partial charge is 0.454 e. The van der Waals surface area contributed by atoms with E-state index in [4.69, 9.17) is 9.26 Å². The van der Waals surface area contributed by atoms with E-state index in [-0.39, 0.29) is 12.3 Å². The lowest BCUT2D eigenvalue weighted by Crippen LogP contribution is -2.08.